The van der Waals surface area contributed by atoms with E-state index in [2.05, 4.69) is 11.3 Å². The van der Waals surface area contributed by atoms with Gasteiger partial charge in [0.05, 0.1) is 11.7 Å². The monoisotopic (exact) mass is 234 g/mol. The highest BCUT2D eigenvalue weighted by atomic mass is 19.4. The number of hydrogen-bond acceptors (Lipinski definition) is 2. The van der Waals surface area contributed by atoms with Crippen LogP contribution in [0, 0.1) is 0 Å². The van der Waals surface area contributed by atoms with Gasteiger partial charge in [0.15, 0.2) is 0 Å². The molecule has 0 aromatic carbocycles. The van der Waals surface area contributed by atoms with Crippen LogP contribution in [0.3, 0.4) is 0 Å². The molecule has 1 atom stereocenters. The van der Waals surface area contributed by atoms with Gasteiger partial charge in [-0.25, -0.2) is 4.79 Å². The molecule has 0 spiro atoms. The summed E-state index contributed by atoms with van der Waals surface area (Å²) in [5.74, 6) is -1.71. The second kappa shape index (κ2) is 4.13. The second-order valence-electron chi connectivity index (χ2n) is 2.61. The lowest BCUT2D eigenvalue weighted by Gasteiger charge is -2.23. The van der Waals surface area contributed by atoms with Crippen molar-refractivity contribution in [3.63, 3.8) is 0 Å². The molecule has 3 nitrogen and oxygen atoms in total. The fourth-order valence-corrected chi connectivity index (χ4v) is 0.534. The van der Waals surface area contributed by atoms with Crippen molar-refractivity contribution in [2.45, 2.75) is 25.3 Å². The first-order valence-electron chi connectivity index (χ1n) is 3.53. The van der Waals surface area contributed by atoms with Gasteiger partial charge in [0.25, 0.3) is 0 Å². The van der Waals surface area contributed by atoms with Gasteiger partial charge < -0.3 is 9.84 Å². The molecule has 0 rings (SSSR count). The summed E-state index contributed by atoms with van der Waals surface area (Å²) in [7, 11) is 0. The van der Waals surface area contributed by atoms with E-state index in [9.17, 15) is 26.7 Å². The summed E-state index contributed by atoms with van der Waals surface area (Å²) in [6, 6.07) is 0. The number of alkyl halides is 5. The van der Waals surface area contributed by atoms with Crippen molar-refractivity contribution in [2.75, 3.05) is 0 Å². The molecule has 1 N–H and O–H groups in total. The standard InChI is InChI=1S/C7H7F5O3/c1-3(5(13)14)4(2)15-7(11,12)6(8,9)10/h4H,1H2,2H3,(H,13,14). The number of hydrogen-bond donors (Lipinski definition) is 1. The molecular formula is C7H7F5O3. The van der Waals surface area contributed by atoms with Gasteiger partial charge in [-0.2, -0.15) is 22.0 Å². The number of aliphatic carboxylic acids is 1. The molecule has 8 heteroatoms. The number of halogens is 5. The maximum atomic E-state index is 12.2. The van der Waals surface area contributed by atoms with Crippen molar-refractivity contribution in [2.24, 2.45) is 0 Å². The predicted molar refractivity (Wildman–Crippen MR) is 38.3 cm³/mol. The Balaban J connectivity index is 4.61. The molecule has 0 saturated carbocycles. The zero-order valence-corrected chi connectivity index (χ0v) is 7.44. The summed E-state index contributed by atoms with van der Waals surface area (Å²) < 4.78 is 62.6. The van der Waals surface area contributed by atoms with Gasteiger partial charge in [0, 0.05) is 0 Å². The van der Waals surface area contributed by atoms with E-state index >= 15 is 0 Å². The summed E-state index contributed by atoms with van der Waals surface area (Å²) in [4.78, 5) is 10.2. The van der Waals surface area contributed by atoms with Gasteiger partial charge in [0.2, 0.25) is 0 Å². The lowest BCUT2D eigenvalue weighted by molar-refractivity contribution is -0.397. The summed E-state index contributed by atoms with van der Waals surface area (Å²) in [6.45, 7) is 3.53. The Morgan fingerprint density at radius 2 is 1.73 bits per heavy atom. The third kappa shape index (κ3) is 3.46. The van der Waals surface area contributed by atoms with Crippen LogP contribution in [0.2, 0.25) is 0 Å². The quantitative estimate of drug-likeness (QED) is 0.599. The molecule has 0 fully saturated rings. The molecular weight excluding hydrogens is 227 g/mol. The van der Waals surface area contributed by atoms with Crippen LogP contribution in [0.5, 0.6) is 0 Å². The molecule has 15 heavy (non-hydrogen) atoms. The molecule has 0 saturated heterocycles. The molecule has 0 aromatic rings. The van der Waals surface area contributed by atoms with Crippen molar-refractivity contribution in [1.82, 2.24) is 0 Å². The molecule has 0 radical (unpaired) electrons. The number of carboxylic acids is 1. The predicted octanol–water partition coefficient (Wildman–Crippen LogP) is 2.19. The van der Waals surface area contributed by atoms with Gasteiger partial charge in [-0.1, -0.05) is 6.58 Å². The lowest BCUT2D eigenvalue weighted by atomic mass is 10.2. The molecule has 88 valence electrons. The zero-order chi connectivity index (χ0) is 12.4. The Morgan fingerprint density at radius 1 is 1.33 bits per heavy atom. The number of carboxylic acid groups (broad SMARTS) is 1. The van der Waals surface area contributed by atoms with Gasteiger partial charge in [0.1, 0.15) is 0 Å². The average molecular weight is 234 g/mol. The van der Waals surface area contributed by atoms with Gasteiger partial charge in [-0.3, -0.25) is 0 Å². The van der Waals surface area contributed by atoms with E-state index in [0.29, 0.717) is 0 Å². The number of ether oxygens (including phenoxy) is 1. The van der Waals surface area contributed by atoms with Crippen LogP contribution in [0.1, 0.15) is 6.92 Å². The third-order valence-electron chi connectivity index (χ3n) is 1.42. The summed E-state index contributed by atoms with van der Waals surface area (Å²) >= 11 is 0. The van der Waals surface area contributed by atoms with E-state index in [1.807, 2.05) is 0 Å². The molecule has 0 amide bonds. The second-order valence-corrected chi connectivity index (χ2v) is 2.61. The van der Waals surface area contributed by atoms with Crippen molar-refractivity contribution in [3.8, 4) is 0 Å². The van der Waals surface area contributed by atoms with Crippen LogP contribution in [0.25, 0.3) is 0 Å². The van der Waals surface area contributed by atoms with Crippen LogP contribution in [0.4, 0.5) is 22.0 Å². The molecule has 1 unspecified atom stereocenters. The maximum Gasteiger partial charge on any atom is 0.482 e. The van der Waals surface area contributed by atoms with Crippen LogP contribution < -0.4 is 0 Å². The number of rotatable bonds is 4. The Labute approximate surface area is 81.1 Å². The molecule has 0 aromatic heterocycles. The van der Waals surface area contributed by atoms with Crippen LogP contribution >= 0.6 is 0 Å². The van der Waals surface area contributed by atoms with Gasteiger partial charge in [-0.05, 0) is 6.92 Å². The van der Waals surface area contributed by atoms with Crippen LogP contribution in [-0.2, 0) is 9.53 Å². The number of carbonyl (C=O) groups is 1. The van der Waals surface area contributed by atoms with Crippen molar-refractivity contribution < 1.29 is 36.6 Å². The van der Waals surface area contributed by atoms with E-state index in [4.69, 9.17) is 5.11 Å². The van der Waals surface area contributed by atoms with E-state index < -0.39 is 29.9 Å². The Morgan fingerprint density at radius 3 is 2.00 bits per heavy atom. The highest BCUT2D eigenvalue weighted by Crippen LogP contribution is 2.37. The van der Waals surface area contributed by atoms with Crippen LogP contribution in [-0.4, -0.2) is 29.5 Å². The lowest BCUT2D eigenvalue weighted by Crippen LogP contribution is -2.42. The SMILES string of the molecule is C=C(C(=O)O)C(C)OC(F)(F)C(F)(F)F. The first-order chi connectivity index (χ1) is 6.49. The van der Waals surface area contributed by atoms with Crippen molar-refractivity contribution >= 4 is 5.97 Å². The normalized spacial score (nSPS) is 14.8. The fourth-order valence-electron chi connectivity index (χ4n) is 0.534. The van der Waals surface area contributed by atoms with E-state index in [0.717, 1.165) is 6.92 Å². The van der Waals surface area contributed by atoms with Gasteiger partial charge in [-0.15, -0.1) is 0 Å². The van der Waals surface area contributed by atoms with Crippen molar-refractivity contribution in [3.05, 3.63) is 12.2 Å². The molecule has 0 aliphatic heterocycles. The third-order valence-corrected chi connectivity index (χ3v) is 1.42. The zero-order valence-electron chi connectivity index (χ0n) is 7.44. The molecule has 0 aliphatic rings. The largest absolute Gasteiger partial charge is 0.482 e. The summed E-state index contributed by atoms with van der Waals surface area (Å²) in [6.07, 6.45) is -13.2. The van der Waals surface area contributed by atoms with E-state index in [1.54, 1.807) is 0 Å². The van der Waals surface area contributed by atoms with E-state index in [-0.39, 0.29) is 0 Å². The minimum absolute atomic E-state index is 0.732. The minimum atomic E-state index is -5.89. The fraction of sp³-hybridized carbons (Fsp3) is 0.571. The van der Waals surface area contributed by atoms with Gasteiger partial charge >= 0.3 is 18.3 Å². The molecule has 0 heterocycles. The highest BCUT2D eigenvalue weighted by Gasteiger charge is 2.60. The smallest absolute Gasteiger partial charge is 0.478 e. The summed E-state index contributed by atoms with van der Waals surface area (Å²) in [5, 5.41) is 8.25. The van der Waals surface area contributed by atoms with E-state index in [1.165, 1.54) is 0 Å². The molecule has 0 bridgehead atoms. The first-order valence-corrected chi connectivity index (χ1v) is 3.53. The minimum Gasteiger partial charge on any atom is -0.478 e. The maximum absolute atomic E-state index is 12.2. The first kappa shape index (κ1) is 13.8. The Kier molecular flexibility index (Phi) is 3.81. The Hall–Kier alpha value is -1.18. The highest BCUT2D eigenvalue weighted by molar-refractivity contribution is 5.86. The van der Waals surface area contributed by atoms with Crippen molar-refractivity contribution in [1.29, 1.82) is 0 Å². The molecule has 0 aliphatic carbocycles. The topological polar surface area (TPSA) is 46.5 Å². The summed E-state index contributed by atoms with van der Waals surface area (Å²) in [5.41, 5.74) is -0.890. The average Bonchev–Trinajstić information content (AvgIpc) is 1.99. The Bertz CT molecular complexity index is 270. The van der Waals surface area contributed by atoms with Crippen LogP contribution in [0.15, 0.2) is 12.2 Å².